The third-order valence-corrected chi connectivity index (χ3v) is 6.82. The number of nitrogens with two attached hydrogens (primary N) is 1. The van der Waals surface area contributed by atoms with Crippen LogP contribution in [0.1, 0.15) is 64.0 Å². The highest BCUT2D eigenvalue weighted by atomic mass is 35.5. The summed E-state index contributed by atoms with van der Waals surface area (Å²) in [7, 11) is 0. The number of hydrogen-bond donors (Lipinski definition) is 2. The first-order chi connectivity index (χ1) is 13.4. The molecular weight excluding hydrogens is 421 g/mol. The summed E-state index contributed by atoms with van der Waals surface area (Å²) in [5.74, 6) is -0.0814. The molecule has 2 atom stereocenters. The number of benzene rings is 1. The van der Waals surface area contributed by atoms with E-state index in [-0.39, 0.29) is 42.2 Å². The molecule has 5 nitrogen and oxygen atoms in total. The summed E-state index contributed by atoms with van der Waals surface area (Å²) in [6.45, 7) is 10.6. The van der Waals surface area contributed by atoms with Crippen LogP contribution in [0.15, 0.2) is 24.3 Å². The molecule has 0 spiro atoms. The maximum absolute atomic E-state index is 12.7. The highest BCUT2D eigenvalue weighted by Crippen LogP contribution is 2.49. The Morgan fingerprint density at radius 2 is 1.67 bits per heavy atom. The molecule has 172 valence electrons. The number of carbonyl (C=O) groups is 1. The minimum absolute atomic E-state index is 0. The molecule has 3 rings (SSSR count). The average molecular weight is 460 g/mol. The summed E-state index contributed by atoms with van der Waals surface area (Å²) in [6.07, 6.45) is 5.97. The Bertz CT molecular complexity index is 661. The van der Waals surface area contributed by atoms with E-state index in [4.69, 9.17) is 10.5 Å². The molecule has 1 aliphatic heterocycles. The number of carbonyl (C=O) groups excluding carboxylic acids is 1. The second-order valence-electron chi connectivity index (χ2n) is 9.03. The van der Waals surface area contributed by atoms with Crippen molar-refractivity contribution in [1.82, 2.24) is 10.2 Å². The number of hydrogen-bond acceptors (Lipinski definition) is 4. The Kier molecular flexibility index (Phi) is 10.6. The van der Waals surface area contributed by atoms with E-state index in [0.717, 1.165) is 12.1 Å². The lowest BCUT2D eigenvalue weighted by Gasteiger charge is -2.57. The summed E-state index contributed by atoms with van der Waals surface area (Å²) in [5.41, 5.74) is 7.68. The maximum Gasteiger partial charge on any atom is 0.241 e. The molecule has 0 aromatic heterocycles. The zero-order chi connectivity index (χ0) is 20.2. The molecule has 1 aromatic rings. The van der Waals surface area contributed by atoms with E-state index in [2.05, 4.69) is 34.5 Å². The second kappa shape index (κ2) is 11.7. The van der Waals surface area contributed by atoms with Gasteiger partial charge in [-0.3, -0.25) is 9.69 Å². The average Bonchev–Trinajstić information content (AvgIpc) is 2.95. The summed E-state index contributed by atoms with van der Waals surface area (Å²) >= 11 is 0. The first kappa shape index (κ1) is 27.2. The van der Waals surface area contributed by atoms with Gasteiger partial charge in [-0.15, -0.1) is 24.8 Å². The molecule has 1 saturated heterocycles. The van der Waals surface area contributed by atoms with Crippen molar-refractivity contribution in [3.63, 3.8) is 0 Å². The molecule has 0 radical (unpaired) electrons. The van der Waals surface area contributed by atoms with Gasteiger partial charge in [0.25, 0.3) is 0 Å². The molecule has 1 saturated carbocycles. The standard InChI is InChI=1S/C23H37N3O2.2ClH/c1-4-28-20-15-23(24,22(20,2)3)21(27)25-16-18-9-11-19(12-10-18)17-26-13-7-5-6-8-14-26;;/h9-12,20H,4-8,13-17,24H2,1-3H3,(H,25,27);2*1H. The lowest BCUT2D eigenvalue weighted by Crippen LogP contribution is -2.75. The van der Waals surface area contributed by atoms with Gasteiger partial charge in [0.2, 0.25) is 5.91 Å². The monoisotopic (exact) mass is 459 g/mol. The molecule has 30 heavy (non-hydrogen) atoms. The predicted molar refractivity (Wildman–Crippen MR) is 127 cm³/mol. The third-order valence-electron chi connectivity index (χ3n) is 6.82. The Morgan fingerprint density at radius 1 is 1.10 bits per heavy atom. The fourth-order valence-electron chi connectivity index (χ4n) is 4.48. The summed E-state index contributed by atoms with van der Waals surface area (Å²) < 4.78 is 5.72. The summed E-state index contributed by atoms with van der Waals surface area (Å²) in [5, 5.41) is 3.04. The Hall–Kier alpha value is -0.850. The van der Waals surface area contributed by atoms with Gasteiger partial charge >= 0.3 is 0 Å². The van der Waals surface area contributed by atoms with Gasteiger partial charge in [0, 0.05) is 31.5 Å². The molecule has 0 bridgehead atoms. The van der Waals surface area contributed by atoms with Crippen molar-refractivity contribution in [2.75, 3.05) is 19.7 Å². The van der Waals surface area contributed by atoms with Crippen LogP contribution in [0.25, 0.3) is 0 Å². The molecule has 1 aromatic carbocycles. The quantitative estimate of drug-likeness (QED) is 0.644. The predicted octanol–water partition coefficient (Wildman–Crippen LogP) is 4.05. The number of nitrogens with one attached hydrogen (secondary N) is 1. The molecule has 3 N–H and O–H groups in total. The first-order valence-electron chi connectivity index (χ1n) is 10.9. The maximum atomic E-state index is 12.7. The van der Waals surface area contributed by atoms with Crippen molar-refractivity contribution >= 4 is 30.7 Å². The van der Waals surface area contributed by atoms with Gasteiger partial charge in [0.05, 0.1) is 6.10 Å². The van der Waals surface area contributed by atoms with Crippen LogP contribution in [0.3, 0.4) is 0 Å². The van der Waals surface area contributed by atoms with E-state index < -0.39 is 5.54 Å². The molecular formula is C23H39Cl2N3O2. The topological polar surface area (TPSA) is 67.6 Å². The fraction of sp³-hybridized carbons (Fsp3) is 0.696. The van der Waals surface area contributed by atoms with Gasteiger partial charge in [0.15, 0.2) is 0 Å². The van der Waals surface area contributed by atoms with E-state index in [1.807, 2.05) is 20.8 Å². The van der Waals surface area contributed by atoms with Gasteiger partial charge in [0.1, 0.15) is 5.54 Å². The van der Waals surface area contributed by atoms with Crippen molar-refractivity contribution in [3.8, 4) is 0 Å². The highest BCUT2D eigenvalue weighted by molar-refractivity contribution is 5.88. The van der Waals surface area contributed by atoms with Crippen LogP contribution >= 0.6 is 24.8 Å². The van der Waals surface area contributed by atoms with Crippen LogP contribution in [0, 0.1) is 5.41 Å². The van der Waals surface area contributed by atoms with Crippen molar-refractivity contribution in [2.45, 2.75) is 77.6 Å². The number of nitrogens with zero attached hydrogens (tertiary/aromatic N) is 1. The number of ether oxygens (including phenoxy) is 1. The van der Waals surface area contributed by atoms with Crippen molar-refractivity contribution < 1.29 is 9.53 Å². The Balaban J connectivity index is 0.00000225. The number of rotatable bonds is 7. The molecule has 2 unspecified atom stereocenters. The van der Waals surface area contributed by atoms with Gasteiger partial charge in [-0.25, -0.2) is 0 Å². The Morgan fingerprint density at radius 3 is 2.20 bits per heavy atom. The van der Waals surface area contributed by atoms with Crippen LogP contribution in [-0.2, 0) is 22.6 Å². The van der Waals surface area contributed by atoms with Crippen LogP contribution in [0.4, 0.5) is 0 Å². The molecule has 2 fully saturated rings. The largest absolute Gasteiger partial charge is 0.378 e. The van der Waals surface area contributed by atoms with E-state index >= 15 is 0 Å². The zero-order valence-corrected chi connectivity index (χ0v) is 20.2. The SMILES string of the molecule is CCOC1CC(N)(C(=O)NCc2ccc(CN3CCCCCC3)cc2)C1(C)C.Cl.Cl. The van der Waals surface area contributed by atoms with Crippen LogP contribution in [-0.4, -0.2) is 42.1 Å². The van der Waals surface area contributed by atoms with E-state index in [0.29, 0.717) is 19.6 Å². The van der Waals surface area contributed by atoms with E-state index in [1.54, 1.807) is 0 Å². The van der Waals surface area contributed by atoms with Crippen LogP contribution < -0.4 is 11.1 Å². The second-order valence-corrected chi connectivity index (χ2v) is 9.03. The minimum atomic E-state index is -0.862. The van der Waals surface area contributed by atoms with E-state index in [1.165, 1.54) is 44.3 Å². The van der Waals surface area contributed by atoms with Gasteiger partial charge in [-0.05, 0) is 44.0 Å². The van der Waals surface area contributed by atoms with Gasteiger partial charge in [-0.2, -0.15) is 0 Å². The normalized spacial score (nSPS) is 25.8. The minimum Gasteiger partial charge on any atom is -0.378 e. The van der Waals surface area contributed by atoms with Gasteiger partial charge in [-0.1, -0.05) is 51.0 Å². The summed E-state index contributed by atoms with van der Waals surface area (Å²) in [6, 6.07) is 8.60. The van der Waals surface area contributed by atoms with Crippen molar-refractivity contribution in [1.29, 1.82) is 0 Å². The molecule has 2 aliphatic rings. The van der Waals surface area contributed by atoms with Crippen LogP contribution in [0.2, 0.25) is 0 Å². The lowest BCUT2D eigenvalue weighted by molar-refractivity contribution is -0.170. The molecule has 1 heterocycles. The highest BCUT2D eigenvalue weighted by Gasteiger charge is 2.62. The fourth-order valence-corrected chi connectivity index (χ4v) is 4.48. The lowest BCUT2D eigenvalue weighted by atomic mass is 9.54. The number of likely N-dealkylation sites (tertiary alicyclic amines) is 1. The summed E-state index contributed by atoms with van der Waals surface area (Å²) in [4.78, 5) is 15.3. The zero-order valence-electron chi connectivity index (χ0n) is 18.6. The smallest absolute Gasteiger partial charge is 0.241 e. The van der Waals surface area contributed by atoms with Crippen molar-refractivity contribution in [2.24, 2.45) is 11.1 Å². The van der Waals surface area contributed by atoms with Gasteiger partial charge < -0.3 is 15.8 Å². The number of halogens is 2. The molecule has 1 aliphatic carbocycles. The van der Waals surface area contributed by atoms with E-state index in [9.17, 15) is 4.79 Å². The molecule has 1 amide bonds. The first-order valence-corrected chi connectivity index (χ1v) is 10.9. The number of amides is 1. The Labute approximate surface area is 194 Å². The van der Waals surface area contributed by atoms with Crippen LogP contribution in [0.5, 0.6) is 0 Å². The van der Waals surface area contributed by atoms with Crippen molar-refractivity contribution in [3.05, 3.63) is 35.4 Å². The molecule has 7 heteroatoms. The third kappa shape index (κ3) is 5.89.